The molecule has 1 heterocycles. The van der Waals surface area contributed by atoms with Crippen molar-refractivity contribution >= 4 is 28.5 Å². The SMILES string of the molecule is O=C(c1cc(I)ccc1F)N1CC1. The molecule has 0 spiro atoms. The third-order valence-corrected chi connectivity index (χ3v) is 2.56. The maximum atomic E-state index is 13.2. The van der Waals surface area contributed by atoms with Crippen LogP contribution in [0.15, 0.2) is 18.2 Å². The summed E-state index contributed by atoms with van der Waals surface area (Å²) in [7, 11) is 0. The maximum absolute atomic E-state index is 13.2. The number of carbonyl (C=O) groups excluding carboxylic acids is 1. The van der Waals surface area contributed by atoms with Gasteiger partial charge in [0.2, 0.25) is 0 Å². The molecule has 1 aromatic rings. The topological polar surface area (TPSA) is 20.1 Å². The molecule has 1 aliphatic heterocycles. The van der Waals surface area contributed by atoms with E-state index in [9.17, 15) is 9.18 Å². The van der Waals surface area contributed by atoms with Crippen LogP contribution in [0.2, 0.25) is 0 Å². The molecule has 0 aliphatic carbocycles. The summed E-state index contributed by atoms with van der Waals surface area (Å²) in [4.78, 5) is 13.1. The molecule has 0 saturated carbocycles. The fourth-order valence-electron chi connectivity index (χ4n) is 1.08. The molecule has 0 unspecified atom stereocenters. The number of hydrogen-bond acceptors (Lipinski definition) is 1. The van der Waals surface area contributed by atoms with Gasteiger partial charge >= 0.3 is 0 Å². The van der Waals surface area contributed by atoms with Crippen LogP contribution in [0.1, 0.15) is 10.4 Å². The highest BCUT2D eigenvalue weighted by molar-refractivity contribution is 14.1. The summed E-state index contributed by atoms with van der Waals surface area (Å²) in [5.74, 6) is -0.631. The summed E-state index contributed by atoms with van der Waals surface area (Å²) >= 11 is 2.06. The van der Waals surface area contributed by atoms with Crippen LogP contribution in [0.4, 0.5) is 4.39 Å². The molecule has 1 amide bonds. The molecular formula is C9H7FINO. The number of amides is 1. The molecule has 4 heteroatoms. The first-order valence-corrected chi connectivity index (χ1v) is 5.00. The van der Waals surface area contributed by atoms with Gasteiger partial charge in [-0.1, -0.05) is 0 Å². The third kappa shape index (κ3) is 1.82. The highest BCUT2D eigenvalue weighted by atomic mass is 127. The smallest absolute Gasteiger partial charge is 0.256 e. The van der Waals surface area contributed by atoms with Crippen molar-refractivity contribution in [2.75, 3.05) is 13.1 Å². The first kappa shape index (κ1) is 8.93. The van der Waals surface area contributed by atoms with Gasteiger partial charge in [-0.2, -0.15) is 0 Å². The number of benzene rings is 1. The molecule has 0 aromatic heterocycles. The number of carbonyl (C=O) groups is 1. The van der Waals surface area contributed by atoms with Crippen LogP contribution in [0.25, 0.3) is 0 Å². The van der Waals surface area contributed by atoms with Crippen molar-refractivity contribution in [3.8, 4) is 0 Å². The number of halogens is 2. The Morgan fingerprint density at radius 1 is 1.46 bits per heavy atom. The van der Waals surface area contributed by atoms with Gasteiger partial charge < -0.3 is 4.90 Å². The van der Waals surface area contributed by atoms with E-state index in [2.05, 4.69) is 22.6 Å². The second-order valence-corrected chi connectivity index (χ2v) is 4.16. The molecular weight excluding hydrogens is 284 g/mol. The molecule has 0 atom stereocenters. The normalized spacial score (nSPS) is 14.5. The van der Waals surface area contributed by atoms with E-state index in [4.69, 9.17) is 0 Å². The van der Waals surface area contributed by atoms with E-state index in [0.717, 1.165) is 16.7 Å². The van der Waals surface area contributed by atoms with E-state index >= 15 is 0 Å². The van der Waals surface area contributed by atoms with Crippen LogP contribution >= 0.6 is 22.6 Å². The maximum Gasteiger partial charge on any atom is 0.256 e. The van der Waals surface area contributed by atoms with Crippen molar-refractivity contribution in [1.29, 1.82) is 0 Å². The highest BCUT2D eigenvalue weighted by Crippen LogP contribution is 2.17. The molecule has 1 fully saturated rings. The van der Waals surface area contributed by atoms with Gasteiger partial charge in [-0.05, 0) is 40.8 Å². The van der Waals surface area contributed by atoms with E-state index in [-0.39, 0.29) is 11.5 Å². The minimum Gasteiger partial charge on any atom is -0.335 e. The number of nitrogens with zero attached hydrogens (tertiary/aromatic N) is 1. The number of hydrogen-bond donors (Lipinski definition) is 0. The lowest BCUT2D eigenvalue weighted by Crippen LogP contribution is -2.12. The lowest BCUT2D eigenvalue weighted by molar-refractivity contribution is 0.0881. The van der Waals surface area contributed by atoms with Crippen LogP contribution in [0.3, 0.4) is 0 Å². The van der Waals surface area contributed by atoms with Crippen molar-refractivity contribution < 1.29 is 9.18 Å². The van der Waals surface area contributed by atoms with E-state index in [1.807, 2.05) is 0 Å². The second kappa shape index (κ2) is 3.25. The Balaban J connectivity index is 2.37. The number of rotatable bonds is 1. The molecule has 1 saturated heterocycles. The minimum absolute atomic E-state index is 0.185. The molecule has 0 radical (unpaired) electrons. The van der Waals surface area contributed by atoms with Gasteiger partial charge in [0.1, 0.15) is 5.82 Å². The Morgan fingerprint density at radius 3 is 2.77 bits per heavy atom. The Labute approximate surface area is 88.9 Å². The molecule has 1 aliphatic rings. The van der Waals surface area contributed by atoms with E-state index in [0.29, 0.717) is 0 Å². The zero-order chi connectivity index (χ0) is 9.42. The van der Waals surface area contributed by atoms with Crippen LogP contribution in [-0.2, 0) is 0 Å². The van der Waals surface area contributed by atoms with Crippen molar-refractivity contribution in [2.45, 2.75) is 0 Å². The summed E-state index contributed by atoms with van der Waals surface area (Å²) < 4.78 is 14.0. The largest absolute Gasteiger partial charge is 0.335 e. The van der Waals surface area contributed by atoms with E-state index < -0.39 is 5.82 Å². The van der Waals surface area contributed by atoms with E-state index in [1.165, 1.54) is 6.07 Å². The zero-order valence-corrected chi connectivity index (χ0v) is 8.92. The Morgan fingerprint density at radius 2 is 2.15 bits per heavy atom. The van der Waals surface area contributed by atoms with Gasteiger partial charge in [-0.25, -0.2) is 4.39 Å². The highest BCUT2D eigenvalue weighted by Gasteiger charge is 2.27. The molecule has 2 rings (SSSR count). The van der Waals surface area contributed by atoms with Gasteiger partial charge in [-0.3, -0.25) is 4.79 Å². The van der Waals surface area contributed by atoms with Crippen molar-refractivity contribution in [3.05, 3.63) is 33.1 Å². The van der Waals surface area contributed by atoms with Crippen molar-refractivity contribution in [1.82, 2.24) is 4.90 Å². The quantitative estimate of drug-likeness (QED) is 0.571. The first-order valence-electron chi connectivity index (χ1n) is 3.93. The van der Waals surface area contributed by atoms with Gasteiger partial charge in [0.15, 0.2) is 0 Å². The second-order valence-electron chi connectivity index (χ2n) is 2.92. The standard InChI is InChI=1S/C9H7FINO/c10-8-2-1-6(11)5-7(8)9(13)12-3-4-12/h1-2,5H,3-4H2. The molecule has 2 nitrogen and oxygen atoms in total. The summed E-state index contributed by atoms with van der Waals surface area (Å²) in [5, 5.41) is 0. The first-order chi connectivity index (χ1) is 6.18. The summed E-state index contributed by atoms with van der Waals surface area (Å²) in [6.45, 7) is 1.51. The van der Waals surface area contributed by atoms with Gasteiger partial charge in [0.05, 0.1) is 5.56 Å². The molecule has 68 valence electrons. The van der Waals surface area contributed by atoms with Crippen molar-refractivity contribution in [3.63, 3.8) is 0 Å². The van der Waals surface area contributed by atoms with Crippen LogP contribution < -0.4 is 0 Å². The fourth-order valence-corrected chi connectivity index (χ4v) is 1.58. The summed E-state index contributed by atoms with van der Waals surface area (Å²) in [6, 6.07) is 4.56. The average molecular weight is 291 g/mol. The predicted molar refractivity (Wildman–Crippen MR) is 55.0 cm³/mol. The van der Waals surface area contributed by atoms with Crippen LogP contribution in [0, 0.1) is 9.39 Å². The molecule has 1 aromatic carbocycles. The summed E-state index contributed by atoms with van der Waals surface area (Å²) in [6.07, 6.45) is 0. The Bertz CT molecular complexity index is 363. The van der Waals surface area contributed by atoms with Crippen LogP contribution in [-0.4, -0.2) is 23.9 Å². The molecule has 13 heavy (non-hydrogen) atoms. The van der Waals surface area contributed by atoms with Gasteiger partial charge in [-0.15, -0.1) is 0 Å². The Hall–Kier alpha value is -0.650. The summed E-state index contributed by atoms with van der Waals surface area (Å²) in [5.41, 5.74) is 0.185. The zero-order valence-electron chi connectivity index (χ0n) is 6.76. The third-order valence-electron chi connectivity index (χ3n) is 1.89. The minimum atomic E-state index is -0.433. The van der Waals surface area contributed by atoms with E-state index in [1.54, 1.807) is 17.0 Å². The lowest BCUT2D eigenvalue weighted by Gasteiger charge is -2.03. The molecule has 0 N–H and O–H groups in total. The monoisotopic (exact) mass is 291 g/mol. The lowest BCUT2D eigenvalue weighted by atomic mass is 10.2. The predicted octanol–water partition coefficient (Wildman–Crippen LogP) is 1.89. The molecule has 0 bridgehead atoms. The average Bonchev–Trinajstić information content (AvgIpc) is 2.91. The van der Waals surface area contributed by atoms with Gasteiger partial charge in [0, 0.05) is 16.7 Å². The van der Waals surface area contributed by atoms with Crippen molar-refractivity contribution in [2.24, 2.45) is 0 Å². The fraction of sp³-hybridized carbons (Fsp3) is 0.222. The van der Waals surface area contributed by atoms with Gasteiger partial charge in [0.25, 0.3) is 5.91 Å². The Kier molecular flexibility index (Phi) is 2.23. The van der Waals surface area contributed by atoms with Crippen LogP contribution in [0.5, 0.6) is 0 Å².